The van der Waals surface area contributed by atoms with Gasteiger partial charge in [0.1, 0.15) is 5.15 Å². The van der Waals surface area contributed by atoms with Gasteiger partial charge in [0.2, 0.25) is 0 Å². The van der Waals surface area contributed by atoms with E-state index in [9.17, 15) is 4.79 Å². The van der Waals surface area contributed by atoms with E-state index >= 15 is 0 Å². The molecule has 2 rings (SSSR count). The summed E-state index contributed by atoms with van der Waals surface area (Å²) < 4.78 is 0. The second-order valence-corrected chi connectivity index (χ2v) is 4.97. The highest BCUT2D eigenvalue weighted by molar-refractivity contribution is 6.30. The molecule has 0 spiro atoms. The number of benzene rings is 1. The quantitative estimate of drug-likeness (QED) is 0.697. The molecule has 0 unspecified atom stereocenters. The summed E-state index contributed by atoms with van der Waals surface area (Å²) in [6.45, 7) is 1.88. The Kier molecular flexibility index (Phi) is 4.97. The molecule has 0 aliphatic carbocycles. The van der Waals surface area contributed by atoms with Crippen LogP contribution in [0, 0.1) is 18.8 Å². The topological polar surface area (TPSA) is 50.2 Å². The summed E-state index contributed by atoms with van der Waals surface area (Å²) in [6.07, 6.45) is 2.30. The molecule has 106 valence electrons. The number of aryl methyl sites for hydroxylation is 1. The van der Waals surface area contributed by atoms with E-state index in [4.69, 9.17) is 16.7 Å². The van der Waals surface area contributed by atoms with E-state index in [1.807, 2.05) is 37.3 Å². The van der Waals surface area contributed by atoms with Crippen LogP contribution in [0.1, 0.15) is 28.7 Å². The van der Waals surface area contributed by atoms with Crippen LogP contribution in [-0.2, 0) is 11.2 Å². The molecule has 0 amide bonds. The molecule has 0 atom stereocenters. The molecule has 0 bridgehead atoms. The number of carboxylic acid groups (broad SMARTS) is 1. The molecule has 2 aromatic rings. The number of halogens is 1. The van der Waals surface area contributed by atoms with Crippen LogP contribution in [0.15, 0.2) is 36.5 Å². The first-order valence-electron chi connectivity index (χ1n) is 6.50. The van der Waals surface area contributed by atoms with Gasteiger partial charge in [0.15, 0.2) is 0 Å². The monoisotopic (exact) mass is 299 g/mol. The molecule has 0 fully saturated rings. The molecule has 0 aliphatic rings. The molecule has 0 radical (unpaired) electrons. The number of aliphatic carboxylic acids is 1. The van der Waals surface area contributed by atoms with Crippen LogP contribution >= 0.6 is 11.6 Å². The van der Waals surface area contributed by atoms with Crippen LogP contribution in [0.4, 0.5) is 0 Å². The number of hydrogen-bond donors (Lipinski definition) is 1. The minimum atomic E-state index is -0.788. The average molecular weight is 300 g/mol. The van der Waals surface area contributed by atoms with E-state index in [0.29, 0.717) is 11.6 Å². The summed E-state index contributed by atoms with van der Waals surface area (Å²) >= 11 is 5.95. The molecule has 0 aliphatic heterocycles. The number of carboxylic acids is 1. The van der Waals surface area contributed by atoms with Crippen LogP contribution < -0.4 is 0 Å². The second-order valence-electron chi connectivity index (χ2n) is 4.61. The van der Waals surface area contributed by atoms with Gasteiger partial charge in [-0.2, -0.15) is 0 Å². The zero-order valence-electron chi connectivity index (χ0n) is 11.6. The number of carbonyl (C=O) groups is 1. The number of rotatable bonds is 3. The Morgan fingerprint density at radius 1 is 1.24 bits per heavy atom. The fraction of sp³-hybridized carbons (Fsp3) is 0.176. The van der Waals surface area contributed by atoms with Crippen LogP contribution in [-0.4, -0.2) is 16.1 Å². The van der Waals surface area contributed by atoms with Crippen molar-refractivity contribution < 1.29 is 9.90 Å². The molecule has 1 aromatic carbocycles. The lowest BCUT2D eigenvalue weighted by Crippen LogP contribution is -1.97. The van der Waals surface area contributed by atoms with Crippen molar-refractivity contribution in [1.29, 1.82) is 0 Å². The van der Waals surface area contributed by atoms with E-state index in [1.165, 1.54) is 0 Å². The van der Waals surface area contributed by atoms with Crippen molar-refractivity contribution >= 4 is 17.6 Å². The molecule has 4 heteroatoms. The van der Waals surface area contributed by atoms with Gasteiger partial charge in [-0.05, 0) is 37.1 Å². The largest absolute Gasteiger partial charge is 0.481 e. The van der Waals surface area contributed by atoms with Crippen molar-refractivity contribution in [3.63, 3.8) is 0 Å². The minimum Gasteiger partial charge on any atom is -0.481 e. The van der Waals surface area contributed by atoms with E-state index < -0.39 is 5.97 Å². The predicted octanol–water partition coefficient (Wildman–Crippen LogP) is 3.46. The van der Waals surface area contributed by atoms with Crippen LogP contribution in [0.3, 0.4) is 0 Å². The SMILES string of the molecule is Cc1c(C#Cc2ccc(CCC(=O)O)cc2)ccnc1Cl. The lowest BCUT2D eigenvalue weighted by atomic mass is 10.1. The Bertz CT molecular complexity index is 712. The Balaban J connectivity index is 2.12. The van der Waals surface area contributed by atoms with Gasteiger partial charge in [0.25, 0.3) is 0 Å². The van der Waals surface area contributed by atoms with Crippen molar-refractivity contribution in [1.82, 2.24) is 4.98 Å². The molecule has 0 saturated heterocycles. The molecular weight excluding hydrogens is 286 g/mol. The third kappa shape index (κ3) is 4.34. The fourth-order valence-electron chi connectivity index (χ4n) is 1.79. The lowest BCUT2D eigenvalue weighted by Gasteiger charge is -1.99. The zero-order valence-corrected chi connectivity index (χ0v) is 12.3. The van der Waals surface area contributed by atoms with Crippen molar-refractivity contribution in [3.8, 4) is 11.8 Å². The highest BCUT2D eigenvalue weighted by Crippen LogP contribution is 2.15. The molecule has 1 N–H and O–H groups in total. The molecule has 0 saturated carbocycles. The minimum absolute atomic E-state index is 0.139. The van der Waals surface area contributed by atoms with Gasteiger partial charge in [-0.1, -0.05) is 35.6 Å². The Labute approximate surface area is 128 Å². The van der Waals surface area contributed by atoms with E-state index in [-0.39, 0.29) is 6.42 Å². The van der Waals surface area contributed by atoms with Crippen molar-refractivity contribution in [2.24, 2.45) is 0 Å². The van der Waals surface area contributed by atoms with Gasteiger partial charge in [0.05, 0.1) is 0 Å². The van der Waals surface area contributed by atoms with Crippen molar-refractivity contribution in [2.75, 3.05) is 0 Å². The summed E-state index contributed by atoms with van der Waals surface area (Å²) in [6, 6.07) is 9.42. The van der Waals surface area contributed by atoms with Gasteiger partial charge >= 0.3 is 5.97 Å². The second kappa shape index (κ2) is 6.92. The summed E-state index contributed by atoms with van der Waals surface area (Å²) in [7, 11) is 0. The highest BCUT2D eigenvalue weighted by atomic mass is 35.5. The molecule has 1 aromatic heterocycles. The number of nitrogens with zero attached hydrogens (tertiary/aromatic N) is 1. The summed E-state index contributed by atoms with van der Waals surface area (Å²) in [5.41, 5.74) is 3.59. The smallest absolute Gasteiger partial charge is 0.303 e. The van der Waals surface area contributed by atoms with Gasteiger partial charge in [-0.15, -0.1) is 0 Å². The van der Waals surface area contributed by atoms with Crippen LogP contribution in [0.2, 0.25) is 5.15 Å². The fourth-order valence-corrected chi connectivity index (χ4v) is 1.95. The van der Waals surface area contributed by atoms with Crippen LogP contribution in [0.5, 0.6) is 0 Å². The zero-order chi connectivity index (χ0) is 15.2. The Morgan fingerprint density at radius 2 is 1.95 bits per heavy atom. The summed E-state index contributed by atoms with van der Waals surface area (Å²) in [5, 5.41) is 9.11. The van der Waals surface area contributed by atoms with Crippen molar-refractivity contribution in [3.05, 3.63) is 63.9 Å². The average Bonchev–Trinajstić information content (AvgIpc) is 2.48. The Morgan fingerprint density at radius 3 is 2.62 bits per heavy atom. The van der Waals surface area contributed by atoms with Gasteiger partial charge in [-0.3, -0.25) is 4.79 Å². The molecule has 21 heavy (non-hydrogen) atoms. The maximum Gasteiger partial charge on any atom is 0.303 e. The number of aromatic nitrogens is 1. The standard InChI is InChI=1S/C17H14ClNO2/c1-12-15(10-11-19-17(12)18)8-6-13-2-4-14(5-3-13)7-9-16(20)21/h2-5,10-11H,7,9H2,1H3,(H,20,21). The van der Waals surface area contributed by atoms with Gasteiger partial charge < -0.3 is 5.11 Å². The number of hydrogen-bond acceptors (Lipinski definition) is 2. The van der Waals surface area contributed by atoms with Crippen molar-refractivity contribution in [2.45, 2.75) is 19.8 Å². The van der Waals surface area contributed by atoms with Gasteiger partial charge in [-0.25, -0.2) is 4.98 Å². The first kappa shape index (κ1) is 15.1. The van der Waals surface area contributed by atoms with Gasteiger partial charge in [0, 0.05) is 29.3 Å². The lowest BCUT2D eigenvalue weighted by molar-refractivity contribution is -0.136. The summed E-state index contributed by atoms with van der Waals surface area (Å²) in [5.74, 6) is 5.35. The molecule has 3 nitrogen and oxygen atoms in total. The molecule has 1 heterocycles. The predicted molar refractivity (Wildman–Crippen MR) is 82.4 cm³/mol. The molecular formula is C17H14ClNO2. The summed E-state index contributed by atoms with van der Waals surface area (Å²) in [4.78, 5) is 14.5. The Hall–Kier alpha value is -2.31. The maximum absolute atomic E-state index is 10.5. The van der Waals surface area contributed by atoms with Crippen LogP contribution in [0.25, 0.3) is 0 Å². The first-order chi connectivity index (χ1) is 10.1. The third-order valence-corrected chi connectivity index (χ3v) is 3.45. The number of pyridine rings is 1. The third-order valence-electron chi connectivity index (χ3n) is 3.07. The first-order valence-corrected chi connectivity index (χ1v) is 6.88. The normalized spacial score (nSPS) is 9.81. The van der Waals surface area contributed by atoms with E-state index in [1.54, 1.807) is 6.20 Å². The van der Waals surface area contributed by atoms with E-state index in [0.717, 1.165) is 22.3 Å². The maximum atomic E-state index is 10.5. The highest BCUT2D eigenvalue weighted by Gasteiger charge is 2.00. The van der Waals surface area contributed by atoms with E-state index in [2.05, 4.69) is 16.8 Å².